The van der Waals surface area contributed by atoms with Gasteiger partial charge in [-0.2, -0.15) is 5.26 Å². The molecule has 9 heteroatoms. The number of hydrogen-bond acceptors (Lipinski definition) is 9. The Bertz CT molecular complexity index is 1170. The number of esters is 1. The Kier molecular flexibility index (Phi) is 7.32. The summed E-state index contributed by atoms with van der Waals surface area (Å²) in [5, 5.41) is 54.7. The first-order valence-electron chi connectivity index (χ1n) is 12.8. The van der Waals surface area contributed by atoms with Crippen LogP contribution in [0, 0.1) is 11.3 Å². The van der Waals surface area contributed by atoms with Crippen molar-refractivity contribution >= 4 is 5.97 Å². The standard InChI is InChI=1S/C28H32N2O7/c29-14-19-9-10-21(13-20(19)12-16-3-5-17(6-4-16)18-7-8-18)28(37-27(35)22-2-1-11-30-22)26(34)25(33)24(32)23(15-31)36-28/h3-6,9-10,13,18,22-26,30-34H,1-2,7-8,11-12,15H2/t22-,23+,24+,25-,26+,28+/m0/s1. The lowest BCUT2D eigenvalue weighted by Gasteiger charge is -2.47. The number of rotatable bonds is 7. The zero-order chi connectivity index (χ0) is 26.2. The molecule has 0 aromatic heterocycles. The van der Waals surface area contributed by atoms with E-state index in [4.69, 9.17) is 9.47 Å². The van der Waals surface area contributed by atoms with E-state index in [1.807, 2.05) is 12.1 Å². The fourth-order valence-corrected chi connectivity index (χ4v) is 5.24. The average molecular weight is 509 g/mol. The normalized spacial score (nSPS) is 31.6. The molecule has 0 spiro atoms. The van der Waals surface area contributed by atoms with Crippen LogP contribution >= 0.6 is 0 Å². The number of aliphatic hydroxyl groups is 4. The molecule has 1 saturated carbocycles. The van der Waals surface area contributed by atoms with E-state index in [0.717, 1.165) is 12.0 Å². The molecule has 2 aromatic carbocycles. The minimum absolute atomic E-state index is 0.194. The quantitative estimate of drug-likeness (QED) is 0.344. The van der Waals surface area contributed by atoms with Crippen LogP contribution < -0.4 is 5.32 Å². The Labute approximate surface area is 215 Å². The SMILES string of the molecule is N#Cc1ccc([C@]2(OC(=O)[C@@H]3CCCN3)O[C@H](CO)[C@@H](O)[C@H](O)[C@H]2O)cc1Cc1ccc(C2CC2)cc1. The van der Waals surface area contributed by atoms with E-state index >= 15 is 0 Å². The van der Waals surface area contributed by atoms with Crippen LogP contribution in [0.1, 0.15) is 59.4 Å². The molecule has 2 heterocycles. The van der Waals surface area contributed by atoms with Gasteiger partial charge >= 0.3 is 5.97 Å². The van der Waals surface area contributed by atoms with Crippen molar-refractivity contribution in [2.24, 2.45) is 0 Å². The molecule has 196 valence electrons. The maximum absolute atomic E-state index is 13.1. The number of ether oxygens (including phenoxy) is 2. The van der Waals surface area contributed by atoms with Crippen molar-refractivity contribution in [3.63, 3.8) is 0 Å². The predicted molar refractivity (Wildman–Crippen MR) is 131 cm³/mol. The van der Waals surface area contributed by atoms with E-state index in [1.54, 1.807) is 12.1 Å². The van der Waals surface area contributed by atoms with Gasteiger partial charge in [0.15, 0.2) is 6.10 Å². The maximum atomic E-state index is 13.1. The summed E-state index contributed by atoms with van der Waals surface area (Å²) in [6, 6.07) is 14.5. The van der Waals surface area contributed by atoms with Gasteiger partial charge in [0, 0.05) is 5.56 Å². The summed E-state index contributed by atoms with van der Waals surface area (Å²) in [6.45, 7) is -0.0419. The molecule has 2 aliphatic heterocycles. The van der Waals surface area contributed by atoms with Crippen molar-refractivity contribution in [1.82, 2.24) is 5.32 Å². The monoisotopic (exact) mass is 508 g/mol. The summed E-state index contributed by atoms with van der Waals surface area (Å²) >= 11 is 0. The van der Waals surface area contributed by atoms with Gasteiger partial charge in [0.05, 0.1) is 18.2 Å². The number of nitriles is 1. The zero-order valence-corrected chi connectivity index (χ0v) is 20.4. The van der Waals surface area contributed by atoms with Crippen molar-refractivity contribution in [2.45, 2.75) is 74.3 Å². The summed E-state index contributed by atoms with van der Waals surface area (Å²) < 4.78 is 11.7. The van der Waals surface area contributed by atoms with Crippen molar-refractivity contribution in [1.29, 1.82) is 5.26 Å². The molecule has 3 fully saturated rings. The summed E-state index contributed by atoms with van der Waals surface area (Å²) in [5.41, 5.74) is 3.49. The molecule has 1 aliphatic carbocycles. The van der Waals surface area contributed by atoms with Crippen LogP contribution in [-0.4, -0.2) is 70.0 Å². The molecular formula is C28H32N2O7. The first-order chi connectivity index (χ1) is 17.9. The van der Waals surface area contributed by atoms with E-state index in [2.05, 4.69) is 23.5 Å². The third-order valence-electron chi connectivity index (χ3n) is 7.60. The second-order valence-electron chi connectivity index (χ2n) is 10.2. The lowest BCUT2D eigenvalue weighted by molar-refractivity contribution is -0.360. The maximum Gasteiger partial charge on any atom is 0.326 e. The highest BCUT2D eigenvalue weighted by atomic mass is 16.7. The average Bonchev–Trinajstić information content (AvgIpc) is 3.62. The topological polar surface area (TPSA) is 152 Å². The number of aliphatic hydroxyl groups excluding tert-OH is 4. The Morgan fingerprint density at radius 2 is 1.86 bits per heavy atom. The smallest absolute Gasteiger partial charge is 0.326 e. The van der Waals surface area contributed by atoms with Crippen molar-refractivity contribution < 1.29 is 34.7 Å². The van der Waals surface area contributed by atoms with Crippen LogP contribution in [0.25, 0.3) is 0 Å². The molecule has 2 saturated heterocycles. The minimum atomic E-state index is -2.20. The Balaban J connectivity index is 1.52. The van der Waals surface area contributed by atoms with E-state index in [-0.39, 0.29) is 5.56 Å². The highest BCUT2D eigenvalue weighted by molar-refractivity contribution is 5.76. The Morgan fingerprint density at radius 1 is 1.11 bits per heavy atom. The van der Waals surface area contributed by atoms with Crippen LogP contribution in [0.5, 0.6) is 0 Å². The minimum Gasteiger partial charge on any atom is -0.424 e. The molecule has 3 aliphatic rings. The van der Waals surface area contributed by atoms with Crippen molar-refractivity contribution in [3.8, 4) is 6.07 Å². The molecule has 0 bridgehead atoms. The van der Waals surface area contributed by atoms with E-state index in [1.165, 1.54) is 24.5 Å². The van der Waals surface area contributed by atoms with Gasteiger partial charge in [-0.15, -0.1) is 0 Å². The van der Waals surface area contributed by atoms with Gasteiger partial charge in [-0.25, -0.2) is 0 Å². The second-order valence-corrected chi connectivity index (χ2v) is 10.2. The van der Waals surface area contributed by atoms with Crippen molar-refractivity contribution in [2.75, 3.05) is 13.2 Å². The number of carbonyl (C=O) groups is 1. The third-order valence-corrected chi connectivity index (χ3v) is 7.60. The molecule has 6 atom stereocenters. The first kappa shape index (κ1) is 25.8. The lowest BCUT2D eigenvalue weighted by atomic mass is 9.86. The van der Waals surface area contributed by atoms with Gasteiger partial charge in [0.1, 0.15) is 24.4 Å². The van der Waals surface area contributed by atoms with E-state index in [9.17, 15) is 30.5 Å². The Morgan fingerprint density at radius 3 is 2.49 bits per heavy atom. The van der Waals surface area contributed by atoms with Gasteiger partial charge in [-0.05, 0) is 73.4 Å². The summed E-state index contributed by atoms with van der Waals surface area (Å²) in [5.74, 6) is -2.26. The zero-order valence-electron chi connectivity index (χ0n) is 20.4. The van der Waals surface area contributed by atoms with E-state index < -0.39 is 48.8 Å². The third kappa shape index (κ3) is 5.01. The number of nitrogens with one attached hydrogen (secondary N) is 1. The highest BCUT2D eigenvalue weighted by Crippen LogP contribution is 2.42. The molecule has 9 nitrogen and oxygen atoms in total. The van der Waals surface area contributed by atoms with Crippen molar-refractivity contribution in [3.05, 3.63) is 70.3 Å². The first-order valence-corrected chi connectivity index (χ1v) is 12.8. The molecule has 0 unspecified atom stereocenters. The van der Waals surface area contributed by atoms with Crippen LogP contribution in [0.15, 0.2) is 42.5 Å². The number of carbonyl (C=O) groups excluding carboxylic acids is 1. The van der Waals surface area contributed by atoms with Crippen LogP contribution in [0.4, 0.5) is 0 Å². The second kappa shape index (κ2) is 10.5. The van der Waals surface area contributed by atoms with Gasteiger partial charge in [0.25, 0.3) is 5.79 Å². The summed E-state index contributed by atoms with van der Waals surface area (Å²) in [7, 11) is 0. The number of hydrogen-bond donors (Lipinski definition) is 5. The number of nitrogens with zero attached hydrogens (tertiary/aromatic N) is 1. The molecule has 2 aromatic rings. The molecular weight excluding hydrogens is 476 g/mol. The van der Waals surface area contributed by atoms with Gasteiger partial charge in [-0.3, -0.25) is 4.79 Å². The predicted octanol–water partition coefficient (Wildman–Crippen LogP) is 0.948. The number of benzene rings is 2. The highest BCUT2D eigenvalue weighted by Gasteiger charge is 2.58. The molecule has 37 heavy (non-hydrogen) atoms. The van der Waals surface area contributed by atoms with Gasteiger partial charge < -0.3 is 35.2 Å². The Hall–Kier alpha value is -2.84. The fraction of sp³-hybridized carbons (Fsp3) is 0.500. The summed E-state index contributed by atoms with van der Waals surface area (Å²) in [4.78, 5) is 13.1. The van der Waals surface area contributed by atoms with Crippen LogP contribution in [0.3, 0.4) is 0 Å². The van der Waals surface area contributed by atoms with Crippen LogP contribution in [-0.2, 0) is 26.5 Å². The summed E-state index contributed by atoms with van der Waals surface area (Å²) in [6.07, 6.45) is -2.41. The van der Waals surface area contributed by atoms with Crippen LogP contribution in [0.2, 0.25) is 0 Å². The fourth-order valence-electron chi connectivity index (χ4n) is 5.24. The van der Waals surface area contributed by atoms with Gasteiger partial charge in [0.2, 0.25) is 0 Å². The largest absolute Gasteiger partial charge is 0.424 e. The molecule has 0 amide bonds. The molecule has 5 N–H and O–H groups in total. The molecule has 0 radical (unpaired) electrons. The van der Waals surface area contributed by atoms with E-state index in [0.29, 0.717) is 36.4 Å². The van der Waals surface area contributed by atoms with Gasteiger partial charge in [-0.1, -0.05) is 30.3 Å². The lowest BCUT2D eigenvalue weighted by Crippen LogP contribution is -2.65. The molecule has 5 rings (SSSR count).